The standard InChI is InChI=1S/C12H18N2O3S/c1-2-17-11(15)10-9(18-12(16)13-10)8-14-6-4-3-5-7-14/h2-8H2,1H3,(H,13,16). The van der Waals surface area contributed by atoms with Crippen molar-refractivity contribution in [2.24, 2.45) is 0 Å². The SMILES string of the molecule is CCOC(=O)c1[nH]c(=O)sc1CN1CCCCC1. The van der Waals surface area contributed by atoms with Crippen LogP contribution >= 0.6 is 11.3 Å². The highest BCUT2D eigenvalue weighted by molar-refractivity contribution is 7.09. The molecule has 0 aromatic carbocycles. The Hall–Kier alpha value is -1.14. The number of aromatic amines is 1. The lowest BCUT2D eigenvalue weighted by molar-refractivity contribution is 0.0517. The molecule has 100 valence electrons. The van der Waals surface area contributed by atoms with E-state index in [1.54, 1.807) is 6.92 Å². The van der Waals surface area contributed by atoms with Crippen LogP contribution in [0.4, 0.5) is 0 Å². The number of ether oxygens (including phenoxy) is 1. The number of hydrogen-bond acceptors (Lipinski definition) is 5. The van der Waals surface area contributed by atoms with Gasteiger partial charge in [-0.2, -0.15) is 0 Å². The number of thiazole rings is 1. The smallest absolute Gasteiger partial charge is 0.356 e. The second-order valence-corrected chi connectivity index (χ2v) is 5.44. The monoisotopic (exact) mass is 270 g/mol. The van der Waals surface area contributed by atoms with Crippen LogP contribution in [-0.2, 0) is 11.3 Å². The van der Waals surface area contributed by atoms with Gasteiger partial charge < -0.3 is 9.72 Å². The molecule has 6 heteroatoms. The number of nitrogens with zero attached hydrogens (tertiary/aromatic N) is 1. The molecular weight excluding hydrogens is 252 g/mol. The van der Waals surface area contributed by atoms with Crippen LogP contribution in [0.25, 0.3) is 0 Å². The number of piperidine rings is 1. The van der Waals surface area contributed by atoms with Crippen LogP contribution in [0, 0.1) is 0 Å². The third kappa shape index (κ3) is 3.20. The minimum atomic E-state index is -0.428. The maximum absolute atomic E-state index is 11.7. The Bertz CT molecular complexity index is 460. The molecule has 1 aromatic rings. The van der Waals surface area contributed by atoms with Crippen molar-refractivity contribution in [1.82, 2.24) is 9.88 Å². The first kappa shape index (κ1) is 13.3. The quantitative estimate of drug-likeness (QED) is 0.844. The summed E-state index contributed by atoms with van der Waals surface area (Å²) in [6, 6.07) is 0. The molecule has 0 bridgehead atoms. The number of rotatable bonds is 4. The van der Waals surface area contributed by atoms with Crippen molar-refractivity contribution in [2.75, 3.05) is 19.7 Å². The molecular formula is C12H18N2O3S. The van der Waals surface area contributed by atoms with Gasteiger partial charge in [-0.05, 0) is 32.9 Å². The fraction of sp³-hybridized carbons (Fsp3) is 0.667. The second-order valence-electron chi connectivity index (χ2n) is 4.37. The Morgan fingerprint density at radius 1 is 1.39 bits per heavy atom. The number of likely N-dealkylation sites (tertiary alicyclic amines) is 1. The van der Waals surface area contributed by atoms with Gasteiger partial charge in [0.1, 0.15) is 5.69 Å². The molecule has 18 heavy (non-hydrogen) atoms. The summed E-state index contributed by atoms with van der Waals surface area (Å²) >= 11 is 1.11. The fourth-order valence-electron chi connectivity index (χ4n) is 2.16. The summed E-state index contributed by atoms with van der Waals surface area (Å²) in [5.74, 6) is -0.428. The van der Waals surface area contributed by atoms with Crippen molar-refractivity contribution in [3.8, 4) is 0 Å². The van der Waals surface area contributed by atoms with Crippen LogP contribution in [0.15, 0.2) is 4.79 Å². The van der Waals surface area contributed by atoms with E-state index in [0.29, 0.717) is 18.8 Å². The van der Waals surface area contributed by atoms with Gasteiger partial charge in [0.25, 0.3) is 0 Å². The minimum absolute atomic E-state index is 0.190. The molecule has 0 spiro atoms. The predicted octanol–water partition coefficient (Wildman–Crippen LogP) is 1.60. The Morgan fingerprint density at radius 3 is 2.78 bits per heavy atom. The second kappa shape index (κ2) is 6.15. The molecule has 1 aromatic heterocycles. The Kier molecular flexibility index (Phi) is 4.54. The lowest BCUT2D eigenvalue weighted by Crippen LogP contribution is -2.29. The highest BCUT2D eigenvalue weighted by Crippen LogP contribution is 2.17. The van der Waals surface area contributed by atoms with E-state index < -0.39 is 5.97 Å². The van der Waals surface area contributed by atoms with Crippen molar-refractivity contribution in [1.29, 1.82) is 0 Å². The molecule has 2 rings (SSSR count). The molecule has 5 nitrogen and oxygen atoms in total. The van der Waals surface area contributed by atoms with Gasteiger partial charge in [0.2, 0.25) is 0 Å². The molecule has 0 saturated carbocycles. The zero-order chi connectivity index (χ0) is 13.0. The number of H-pyrrole nitrogens is 1. The van der Waals surface area contributed by atoms with E-state index in [-0.39, 0.29) is 4.87 Å². The van der Waals surface area contributed by atoms with E-state index in [2.05, 4.69) is 9.88 Å². The number of carbonyl (C=O) groups excluding carboxylic acids is 1. The van der Waals surface area contributed by atoms with Crippen LogP contribution in [0.3, 0.4) is 0 Å². The first-order valence-electron chi connectivity index (χ1n) is 6.32. The number of nitrogens with one attached hydrogen (secondary N) is 1. The van der Waals surface area contributed by atoms with E-state index in [0.717, 1.165) is 29.3 Å². The summed E-state index contributed by atoms with van der Waals surface area (Å²) in [6.07, 6.45) is 3.65. The highest BCUT2D eigenvalue weighted by Gasteiger charge is 2.20. The molecule has 0 unspecified atom stereocenters. The van der Waals surface area contributed by atoms with E-state index in [1.807, 2.05) is 0 Å². The van der Waals surface area contributed by atoms with Crippen LogP contribution in [0.2, 0.25) is 0 Å². The third-order valence-corrected chi connectivity index (χ3v) is 3.88. The van der Waals surface area contributed by atoms with Gasteiger partial charge >= 0.3 is 10.8 Å². The van der Waals surface area contributed by atoms with Gasteiger partial charge in [-0.1, -0.05) is 17.8 Å². The number of aromatic nitrogens is 1. The molecule has 0 aliphatic carbocycles. The molecule has 1 fully saturated rings. The number of carbonyl (C=O) groups is 1. The topological polar surface area (TPSA) is 62.4 Å². The predicted molar refractivity (Wildman–Crippen MR) is 70.0 cm³/mol. The maximum atomic E-state index is 11.7. The van der Waals surface area contributed by atoms with E-state index in [9.17, 15) is 9.59 Å². The number of hydrogen-bond donors (Lipinski definition) is 1. The average Bonchev–Trinajstić information content (AvgIpc) is 2.72. The first-order chi connectivity index (χ1) is 8.70. The fourth-order valence-corrected chi connectivity index (χ4v) is 3.02. The molecule has 2 heterocycles. The van der Waals surface area contributed by atoms with Crippen LogP contribution < -0.4 is 4.87 Å². The van der Waals surface area contributed by atoms with Gasteiger partial charge in [-0.15, -0.1) is 0 Å². The largest absolute Gasteiger partial charge is 0.461 e. The van der Waals surface area contributed by atoms with Gasteiger partial charge in [0.05, 0.1) is 11.5 Å². The van der Waals surface area contributed by atoms with Crippen molar-refractivity contribution >= 4 is 17.3 Å². The van der Waals surface area contributed by atoms with Gasteiger partial charge in [-0.3, -0.25) is 9.69 Å². The highest BCUT2D eigenvalue weighted by atomic mass is 32.1. The molecule has 1 aliphatic rings. The zero-order valence-corrected chi connectivity index (χ0v) is 11.3. The van der Waals surface area contributed by atoms with Crippen LogP contribution in [-0.4, -0.2) is 35.5 Å². The van der Waals surface area contributed by atoms with E-state index in [1.165, 1.54) is 19.3 Å². The van der Waals surface area contributed by atoms with Crippen molar-refractivity contribution < 1.29 is 9.53 Å². The molecule has 1 N–H and O–H groups in total. The Morgan fingerprint density at radius 2 is 2.11 bits per heavy atom. The summed E-state index contributed by atoms with van der Waals surface area (Å²) < 4.78 is 4.95. The number of esters is 1. The summed E-state index contributed by atoms with van der Waals surface area (Å²) in [4.78, 5) is 28.6. The van der Waals surface area contributed by atoms with Crippen LogP contribution in [0.1, 0.15) is 41.6 Å². The molecule has 1 saturated heterocycles. The maximum Gasteiger partial charge on any atom is 0.356 e. The molecule has 0 radical (unpaired) electrons. The van der Waals surface area contributed by atoms with Crippen LogP contribution in [0.5, 0.6) is 0 Å². The van der Waals surface area contributed by atoms with E-state index in [4.69, 9.17) is 4.74 Å². The Labute approximate surface area is 110 Å². The normalized spacial score (nSPS) is 16.7. The minimum Gasteiger partial charge on any atom is -0.461 e. The molecule has 1 aliphatic heterocycles. The average molecular weight is 270 g/mol. The van der Waals surface area contributed by atoms with Gasteiger partial charge in [0, 0.05) is 6.54 Å². The molecule has 0 atom stereocenters. The molecule has 0 amide bonds. The van der Waals surface area contributed by atoms with E-state index >= 15 is 0 Å². The summed E-state index contributed by atoms with van der Waals surface area (Å²) in [6.45, 7) is 4.81. The summed E-state index contributed by atoms with van der Waals surface area (Å²) in [5.41, 5.74) is 0.331. The van der Waals surface area contributed by atoms with Crippen molar-refractivity contribution in [3.63, 3.8) is 0 Å². The van der Waals surface area contributed by atoms with Crippen molar-refractivity contribution in [3.05, 3.63) is 20.2 Å². The third-order valence-electron chi connectivity index (χ3n) is 3.02. The first-order valence-corrected chi connectivity index (χ1v) is 7.14. The summed E-state index contributed by atoms with van der Waals surface area (Å²) in [7, 11) is 0. The zero-order valence-electron chi connectivity index (χ0n) is 10.5. The Balaban J connectivity index is 2.11. The van der Waals surface area contributed by atoms with Gasteiger partial charge in [0.15, 0.2) is 0 Å². The lowest BCUT2D eigenvalue weighted by atomic mass is 10.1. The lowest BCUT2D eigenvalue weighted by Gasteiger charge is -2.25. The summed E-state index contributed by atoms with van der Waals surface area (Å²) in [5, 5.41) is 0. The van der Waals surface area contributed by atoms with Crippen molar-refractivity contribution in [2.45, 2.75) is 32.7 Å². The van der Waals surface area contributed by atoms with Gasteiger partial charge in [-0.25, -0.2) is 4.79 Å².